The van der Waals surface area contributed by atoms with Crippen molar-refractivity contribution in [3.8, 4) is 0 Å². The normalized spacial score (nSPS) is 32.9. The summed E-state index contributed by atoms with van der Waals surface area (Å²) in [7, 11) is 0. The predicted molar refractivity (Wildman–Crippen MR) is 115 cm³/mol. The van der Waals surface area contributed by atoms with Crippen molar-refractivity contribution >= 4 is 0 Å². The minimum absolute atomic E-state index is 0. The van der Waals surface area contributed by atoms with Crippen molar-refractivity contribution < 1.29 is 21.7 Å². The Morgan fingerprint density at radius 1 is 0.923 bits per heavy atom. The largest absolute Gasteiger partial charge is 4.00 e. The average molecular weight is 391 g/mol. The molecule has 1 fully saturated rings. The fourth-order valence-corrected chi connectivity index (χ4v) is 4.85. The van der Waals surface area contributed by atoms with E-state index < -0.39 is 0 Å². The molecule has 4 atom stereocenters. The Bertz CT molecular complexity index is 488. The van der Waals surface area contributed by atoms with Crippen molar-refractivity contribution in [3.05, 3.63) is 62.7 Å². The second-order valence-corrected chi connectivity index (χ2v) is 7.88. The molecule has 146 valence electrons. The third-order valence-corrected chi connectivity index (χ3v) is 6.85. The number of rotatable bonds is 2. The Morgan fingerprint density at radius 3 is 2.15 bits per heavy atom. The van der Waals surface area contributed by atoms with Crippen molar-refractivity contribution in [1.82, 2.24) is 0 Å². The average Bonchev–Trinajstić information content (AvgIpc) is 2.78. The van der Waals surface area contributed by atoms with Crippen LogP contribution in [-0.4, -0.2) is 6.54 Å². The van der Waals surface area contributed by atoms with Crippen LogP contribution in [0.3, 0.4) is 0 Å². The molecule has 1 aliphatic heterocycles. The van der Waals surface area contributed by atoms with E-state index in [9.17, 15) is 0 Å². The molecule has 0 spiro atoms. The smallest absolute Gasteiger partial charge is 0.684 e. The number of nitrogens with zero attached hydrogens (tertiary/aromatic N) is 1. The summed E-state index contributed by atoms with van der Waals surface area (Å²) in [6.45, 7) is 10.9. The van der Waals surface area contributed by atoms with E-state index in [4.69, 9.17) is 5.32 Å². The summed E-state index contributed by atoms with van der Waals surface area (Å²) in [5.74, 6) is 4.18. The minimum atomic E-state index is 0. The molecule has 0 aromatic carbocycles. The Balaban J connectivity index is 0. The minimum Gasteiger partial charge on any atom is -0.684 e. The molecule has 26 heavy (non-hydrogen) atoms. The zero-order valence-electron chi connectivity index (χ0n) is 18.3. The molecule has 2 heteroatoms. The maximum absolute atomic E-state index is 4.98. The molecule has 0 bridgehead atoms. The van der Waals surface area contributed by atoms with Gasteiger partial charge >= 0.3 is 21.7 Å². The second kappa shape index (κ2) is 12.2. The van der Waals surface area contributed by atoms with Crippen LogP contribution in [-0.2, 0) is 21.7 Å². The first kappa shape index (κ1) is 27.9. The monoisotopic (exact) mass is 391 g/mol. The van der Waals surface area contributed by atoms with Gasteiger partial charge in [-0.2, -0.15) is 0 Å². The van der Waals surface area contributed by atoms with Gasteiger partial charge in [-0.05, 0) is 48.9 Å². The molecule has 0 radical (unpaired) electrons. The van der Waals surface area contributed by atoms with Gasteiger partial charge in [-0.15, -0.1) is 12.2 Å². The molecule has 3 aliphatic rings. The Kier molecular flexibility index (Phi) is 13.2. The van der Waals surface area contributed by atoms with Gasteiger partial charge in [-0.25, -0.2) is 0 Å². The first-order chi connectivity index (χ1) is 10.6. The molecule has 0 aromatic rings. The number of hydrogen-bond donors (Lipinski definition) is 0. The van der Waals surface area contributed by atoms with E-state index in [1.165, 1.54) is 37.0 Å². The fraction of sp³-hybridized carbons (Fsp3) is 0.625. The molecular weight excluding hydrogens is 350 g/mol. The Labute approximate surface area is 180 Å². The van der Waals surface area contributed by atoms with Crippen LogP contribution in [0.2, 0.25) is 0 Å². The van der Waals surface area contributed by atoms with Gasteiger partial charge in [0, 0.05) is 0 Å². The van der Waals surface area contributed by atoms with Crippen molar-refractivity contribution in [3.63, 3.8) is 0 Å². The molecule has 0 amide bonds. The molecule has 1 saturated carbocycles. The van der Waals surface area contributed by atoms with Gasteiger partial charge in [0.1, 0.15) is 0 Å². The van der Waals surface area contributed by atoms with Crippen molar-refractivity contribution in [2.24, 2.45) is 29.6 Å². The van der Waals surface area contributed by atoms with Crippen LogP contribution in [0.4, 0.5) is 0 Å². The molecule has 3 rings (SSSR count). The van der Waals surface area contributed by atoms with Crippen molar-refractivity contribution in [2.45, 2.75) is 59.8 Å². The summed E-state index contributed by atoms with van der Waals surface area (Å²) in [5.41, 5.74) is 4.41. The third kappa shape index (κ3) is 5.62. The summed E-state index contributed by atoms with van der Waals surface area (Å²) >= 11 is 0. The second-order valence-electron chi connectivity index (χ2n) is 7.88. The van der Waals surface area contributed by atoms with Gasteiger partial charge in [0.05, 0.1) is 0 Å². The van der Waals surface area contributed by atoms with E-state index in [-0.39, 0.29) is 44.0 Å². The van der Waals surface area contributed by atoms with Crippen LogP contribution in [0.1, 0.15) is 59.8 Å². The van der Waals surface area contributed by atoms with E-state index in [1.807, 2.05) is 0 Å². The molecule has 0 saturated heterocycles. The predicted octanol–water partition coefficient (Wildman–Crippen LogP) is 7.60. The van der Waals surface area contributed by atoms with Gasteiger partial charge in [0.2, 0.25) is 0 Å². The zero-order chi connectivity index (χ0) is 15.7. The van der Waals surface area contributed by atoms with Crippen LogP contribution in [0.15, 0.2) is 35.1 Å². The summed E-state index contributed by atoms with van der Waals surface area (Å²) in [5, 5.41) is 4.98. The van der Waals surface area contributed by atoms with Crippen LogP contribution in [0, 0.1) is 51.9 Å². The summed E-state index contributed by atoms with van der Waals surface area (Å²) < 4.78 is 0. The van der Waals surface area contributed by atoms with E-state index in [0.29, 0.717) is 0 Å². The molecular formula is C24H41NTi. The van der Waals surface area contributed by atoms with Crippen molar-refractivity contribution in [1.29, 1.82) is 0 Å². The third-order valence-electron chi connectivity index (χ3n) is 6.85. The van der Waals surface area contributed by atoms with Gasteiger partial charge in [0.25, 0.3) is 0 Å². The van der Waals surface area contributed by atoms with Crippen LogP contribution < -0.4 is 0 Å². The van der Waals surface area contributed by atoms with Crippen LogP contribution >= 0.6 is 0 Å². The van der Waals surface area contributed by atoms with Crippen LogP contribution in [0.25, 0.3) is 5.32 Å². The topological polar surface area (TPSA) is 14.1 Å². The summed E-state index contributed by atoms with van der Waals surface area (Å²) in [6, 6.07) is 0. The number of hydrogen-bond acceptors (Lipinski definition) is 0. The fourth-order valence-electron chi connectivity index (χ4n) is 4.85. The first-order valence-corrected chi connectivity index (χ1v) is 9.36. The van der Waals surface area contributed by atoms with E-state index in [1.54, 1.807) is 5.57 Å². The molecule has 1 heterocycles. The van der Waals surface area contributed by atoms with Gasteiger partial charge < -0.3 is 27.6 Å². The van der Waals surface area contributed by atoms with E-state index >= 15 is 0 Å². The zero-order valence-corrected chi connectivity index (χ0v) is 19.9. The van der Waals surface area contributed by atoms with Gasteiger partial charge in [-0.1, -0.05) is 69.9 Å². The van der Waals surface area contributed by atoms with E-state index in [2.05, 4.69) is 45.9 Å². The van der Waals surface area contributed by atoms with E-state index in [0.717, 1.165) is 42.6 Å². The molecule has 4 unspecified atom stereocenters. The molecule has 2 aliphatic carbocycles. The maximum atomic E-state index is 4.98. The summed E-state index contributed by atoms with van der Waals surface area (Å²) in [6.07, 6.45) is 13.2. The first-order valence-electron chi connectivity index (χ1n) is 9.36. The standard InChI is InChI=1S/C21H32N.3CH3.Ti/c1-14-15(2)17(4)20(16(14)3)13-19-11-6-5-9-18-10-7-8-12-22-21(18)19;;;;/h5,9,11,14-17,20H,6-8,10,12-13H2,1-4H3;3*1H3;/q4*-1;+4. The maximum Gasteiger partial charge on any atom is 4.00 e. The number of allylic oxidation sites excluding steroid dienone is 5. The quantitative estimate of drug-likeness (QED) is 0.340. The Morgan fingerprint density at radius 2 is 1.54 bits per heavy atom. The molecule has 0 aromatic heterocycles. The summed E-state index contributed by atoms with van der Waals surface area (Å²) in [4.78, 5) is 0. The molecule has 1 nitrogen and oxygen atoms in total. The van der Waals surface area contributed by atoms with Gasteiger partial charge in [0.15, 0.2) is 0 Å². The van der Waals surface area contributed by atoms with Gasteiger partial charge in [-0.3, -0.25) is 0 Å². The van der Waals surface area contributed by atoms with Crippen LogP contribution in [0.5, 0.6) is 0 Å². The molecule has 0 N–H and O–H groups in total. The SMILES string of the molecule is CC1C(C)C(C)C(CC2=CCC=CC3=C2[N-]CCCC3)C1C.[CH3-].[CH3-].[CH3-].[Ti+4]. The Hall–Kier alpha value is -0.266. The van der Waals surface area contributed by atoms with Crippen molar-refractivity contribution in [2.75, 3.05) is 6.54 Å².